The monoisotopic (exact) mass is 270 g/mol. The molecule has 6 heteroatoms. The van der Waals surface area contributed by atoms with E-state index in [9.17, 15) is 9.59 Å². The number of aromatic nitrogens is 4. The topological polar surface area (TPSA) is 83.5 Å². The second-order valence-electron chi connectivity index (χ2n) is 4.56. The smallest absolute Gasteiger partial charge is 0.309 e. The third kappa shape index (κ3) is 2.05. The SMILES string of the molecule is CCc1nc2c(=O)[nH]c(=O)[nH]c2n1Cc1ccccc1. The summed E-state index contributed by atoms with van der Waals surface area (Å²) in [6.07, 6.45) is 0.684. The van der Waals surface area contributed by atoms with Crippen molar-refractivity contribution in [2.24, 2.45) is 0 Å². The van der Waals surface area contributed by atoms with Gasteiger partial charge in [0.15, 0.2) is 5.52 Å². The van der Waals surface area contributed by atoms with Gasteiger partial charge in [0.05, 0.1) is 6.54 Å². The van der Waals surface area contributed by atoms with Crippen molar-refractivity contribution in [3.05, 3.63) is 62.6 Å². The number of aryl methyl sites for hydroxylation is 1. The largest absolute Gasteiger partial charge is 0.327 e. The first-order chi connectivity index (χ1) is 9.69. The number of nitrogens with one attached hydrogen (secondary N) is 2. The second-order valence-corrected chi connectivity index (χ2v) is 4.56. The van der Waals surface area contributed by atoms with E-state index in [4.69, 9.17) is 0 Å². The molecular weight excluding hydrogens is 256 g/mol. The number of H-pyrrole nitrogens is 2. The van der Waals surface area contributed by atoms with Crippen LogP contribution in [0.15, 0.2) is 39.9 Å². The Morgan fingerprint density at radius 2 is 1.90 bits per heavy atom. The molecule has 2 N–H and O–H groups in total. The van der Waals surface area contributed by atoms with E-state index in [1.807, 2.05) is 41.8 Å². The van der Waals surface area contributed by atoms with Crippen LogP contribution in [0.25, 0.3) is 11.2 Å². The molecule has 20 heavy (non-hydrogen) atoms. The summed E-state index contributed by atoms with van der Waals surface area (Å²) in [6, 6.07) is 9.85. The summed E-state index contributed by atoms with van der Waals surface area (Å²) < 4.78 is 1.88. The molecule has 0 fully saturated rings. The summed E-state index contributed by atoms with van der Waals surface area (Å²) >= 11 is 0. The van der Waals surface area contributed by atoms with E-state index in [1.54, 1.807) is 0 Å². The molecule has 0 aliphatic heterocycles. The van der Waals surface area contributed by atoms with E-state index in [1.165, 1.54) is 0 Å². The Kier molecular flexibility index (Phi) is 2.98. The molecule has 0 unspecified atom stereocenters. The average Bonchev–Trinajstić information content (AvgIpc) is 2.78. The van der Waals surface area contributed by atoms with Gasteiger partial charge in [0.1, 0.15) is 11.5 Å². The molecule has 3 aromatic rings. The number of benzene rings is 1. The van der Waals surface area contributed by atoms with Gasteiger partial charge in [-0.3, -0.25) is 14.8 Å². The Labute approximate surface area is 114 Å². The van der Waals surface area contributed by atoms with Crippen LogP contribution in [0, 0.1) is 0 Å². The maximum Gasteiger partial charge on any atom is 0.327 e. The van der Waals surface area contributed by atoms with Crippen molar-refractivity contribution in [3.63, 3.8) is 0 Å². The van der Waals surface area contributed by atoms with Crippen molar-refractivity contribution >= 4 is 11.2 Å². The summed E-state index contributed by atoms with van der Waals surface area (Å²) in [7, 11) is 0. The Balaban J connectivity index is 2.23. The standard InChI is InChI=1S/C14H14N4O2/c1-2-10-15-11-12(16-14(20)17-13(11)19)18(10)8-9-6-4-3-5-7-9/h3-7H,2,8H2,1H3,(H2,16,17,19,20). The summed E-state index contributed by atoms with van der Waals surface area (Å²) in [6.45, 7) is 2.54. The highest BCUT2D eigenvalue weighted by Gasteiger charge is 2.13. The fourth-order valence-electron chi connectivity index (χ4n) is 2.29. The molecule has 102 valence electrons. The predicted octanol–water partition coefficient (Wildman–Crippen LogP) is 1.02. The maximum absolute atomic E-state index is 11.8. The van der Waals surface area contributed by atoms with Gasteiger partial charge in [-0.05, 0) is 5.56 Å². The van der Waals surface area contributed by atoms with Crippen LogP contribution in [0.4, 0.5) is 0 Å². The summed E-state index contributed by atoms with van der Waals surface area (Å²) in [4.78, 5) is 32.4. The molecule has 6 nitrogen and oxygen atoms in total. The average molecular weight is 270 g/mol. The van der Waals surface area contributed by atoms with Crippen LogP contribution in [0.3, 0.4) is 0 Å². The third-order valence-electron chi connectivity index (χ3n) is 3.22. The Bertz CT molecular complexity index is 858. The van der Waals surface area contributed by atoms with Gasteiger partial charge in [-0.15, -0.1) is 0 Å². The number of hydrogen-bond acceptors (Lipinski definition) is 3. The molecule has 2 aromatic heterocycles. The highest BCUT2D eigenvalue weighted by molar-refractivity contribution is 5.70. The minimum absolute atomic E-state index is 0.275. The van der Waals surface area contributed by atoms with Crippen molar-refractivity contribution < 1.29 is 0 Å². The molecular formula is C14H14N4O2. The Morgan fingerprint density at radius 1 is 1.15 bits per heavy atom. The van der Waals surface area contributed by atoms with Gasteiger partial charge in [-0.2, -0.15) is 0 Å². The fourth-order valence-corrected chi connectivity index (χ4v) is 2.29. The first-order valence-corrected chi connectivity index (χ1v) is 6.44. The number of aromatic amines is 2. The van der Waals surface area contributed by atoms with E-state index in [2.05, 4.69) is 15.0 Å². The van der Waals surface area contributed by atoms with Gasteiger partial charge in [-0.1, -0.05) is 37.3 Å². The molecule has 0 aliphatic rings. The quantitative estimate of drug-likeness (QED) is 0.745. The highest BCUT2D eigenvalue weighted by atomic mass is 16.2. The molecule has 0 bridgehead atoms. The van der Waals surface area contributed by atoms with Crippen molar-refractivity contribution in [1.29, 1.82) is 0 Å². The van der Waals surface area contributed by atoms with Crippen LogP contribution in [0.1, 0.15) is 18.3 Å². The van der Waals surface area contributed by atoms with Crippen molar-refractivity contribution in [2.75, 3.05) is 0 Å². The van der Waals surface area contributed by atoms with Gasteiger partial charge in [0, 0.05) is 6.42 Å². The lowest BCUT2D eigenvalue weighted by Gasteiger charge is -2.07. The van der Waals surface area contributed by atoms with Gasteiger partial charge < -0.3 is 4.57 Å². The minimum atomic E-state index is -0.514. The van der Waals surface area contributed by atoms with Crippen LogP contribution in [-0.2, 0) is 13.0 Å². The normalized spacial score (nSPS) is 11.1. The zero-order valence-corrected chi connectivity index (χ0v) is 11.0. The number of nitrogens with zero attached hydrogens (tertiary/aromatic N) is 2. The van der Waals surface area contributed by atoms with Gasteiger partial charge >= 0.3 is 5.69 Å². The summed E-state index contributed by atoms with van der Waals surface area (Å²) in [5.74, 6) is 0.774. The van der Waals surface area contributed by atoms with E-state index in [0.29, 0.717) is 18.6 Å². The molecule has 3 rings (SSSR count). The minimum Gasteiger partial charge on any atom is -0.309 e. The Hall–Kier alpha value is -2.63. The second kappa shape index (κ2) is 4.80. The molecule has 2 heterocycles. The van der Waals surface area contributed by atoms with Gasteiger partial charge in [0.25, 0.3) is 5.56 Å². The van der Waals surface area contributed by atoms with E-state index in [0.717, 1.165) is 11.4 Å². The zero-order chi connectivity index (χ0) is 14.1. The molecule has 0 saturated carbocycles. The number of imidazole rings is 1. The fraction of sp³-hybridized carbons (Fsp3) is 0.214. The number of hydrogen-bond donors (Lipinski definition) is 2. The van der Waals surface area contributed by atoms with E-state index in [-0.39, 0.29) is 5.52 Å². The lowest BCUT2D eigenvalue weighted by Crippen LogP contribution is -2.22. The zero-order valence-electron chi connectivity index (χ0n) is 11.0. The molecule has 0 atom stereocenters. The Morgan fingerprint density at radius 3 is 2.60 bits per heavy atom. The molecule has 0 radical (unpaired) electrons. The van der Waals surface area contributed by atoms with Gasteiger partial charge in [0.2, 0.25) is 0 Å². The van der Waals surface area contributed by atoms with E-state index >= 15 is 0 Å². The third-order valence-corrected chi connectivity index (χ3v) is 3.22. The van der Waals surface area contributed by atoms with E-state index < -0.39 is 11.2 Å². The first kappa shape index (κ1) is 12.4. The van der Waals surface area contributed by atoms with Gasteiger partial charge in [-0.25, -0.2) is 9.78 Å². The lowest BCUT2D eigenvalue weighted by atomic mass is 10.2. The first-order valence-electron chi connectivity index (χ1n) is 6.44. The van der Waals surface area contributed by atoms with Crippen molar-refractivity contribution in [2.45, 2.75) is 19.9 Å². The van der Waals surface area contributed by atoms with Crippen LogP contribution in [-0.4, -0.2) is 19.5 Å². The number of fused-ring (bicyclic) bond motifs is 1. The van der Waals surface area contributed by atoms with Crippen molar-refractivity contribution in [1.82, 2.24) is 19.5 Å². The molecule has 0 saturated heterocycles. The van der Waals surface area contributed by atoms with Crippen LogP contribution < -0.4 is 11.2 Å². The predicted molar refractivity (Wildman–Crippen MR) is 75.9 cm³/mol. The molecule has 0 aliphatic carbocycles. The molecule has 0 spiro atoms. The molecule has 1 aromatic carbocycles. The van der Waals surface area contributed by atoms with Crippen LogP contribution in [0.2, 0.25) is 0 Å². The summed E-state index contributed by atoms with van der Waals surface area (Å²) in [5, 5.41) is 0. The maximum atomic E-state index is 11.8. The lowest BCUT2D eigenvalue weighted by molar-refractivity contribution is 0.744. The van der Waals surface area contributed by atoms with Crippen molar-refractivity contribution in [3.8, 4) is 0 Å². The number of rotatable bonds is 3. The van der Waals surface area contributed by atoms with Crippen LogP contribution >= 0.6 is 0 Å². The molecule has 0 amide bonds. The van der Waals surface area contributed by atoms with Crippen LogP contribution in [0.5, 0.6) is 0 Å². The highest BCUT2D eigenvalue weighted by Crippen LogP contribution is 2.13. The summed E-state index contributed by atoms with van der Waals surface area (Å²) in [5.41, 5.74) is 0.865.